The summed E-state index contributed by atoms with van der Waals surface area (Å²) >= 11 is 0. The molecule has 0 aliphatic heterocycles. The number of ketones is 1. The number of carbonyl (C=O) groups is 2. The van der Waals surface area contributed by atoms with Crippen molar-refractivity contribution in [2.45, 2.75) is 6.92 Å². The number of anilines is 1. The molecule has 1 amide bonds. The van der Waals surface area contributed by atoms with E-state index in [0.29, 0.717) is 5.56 Å². The molecule has 0 aliphatic carbocycles. The van der Waals surface area contributed by atoms with Gasteiger partial charge in [-0.1, -0.05) is 18.2 Å². The minimum atomic E-state index is -3.85. The topological polar surface area (TPSA) is 105 Å². The lowest BCUT2D eigenvalue weighted by atomic mass is 9.96. The number of benzene rings is 3. The van der Waals surface area contributed by atoms with Gasteiger partial charge in [-0.05, 0) is 42.8 Å². The minimum absolute atomic E-state index is 0.0156. The number of hydrogen-bond acceptors (Lipinski definition) is 5. The van der Waals surface area contributed by atoms with E-state index in [-0.39, 0.29) is 50.5 Å². The molecule has 0 fully saturated rings. The summed E-state index contributed by atoms with van der Waals surface area (Å²) in [6.07, 6.45) is 0.910. The molecule has 0 bridgehead atoms. The van der Waals surface area contributed by atoms with Crippen LogP contribution in [-0.4, -0.2) is 33.4 Å². The zero-order chi connectivity index (χ0) is 25.5. The van der Waals surface area contributed by atoms with Gasteiger partial charge in [-0.15, -0.1) is 0 Å². The third-order valence-electron chi connectivity index (χ3n) is 5.33. The second kappa shape index (κ2) is 8.95. The lowest BCUT2D eigenvalue weighted by Gasteiger charge is -2.14. The van der Waals surface area contributed by atoms with Gasteiger partial charge in [0.1, 0.15) is 23.0 Å². The number of sulfonamides is 1. The largest absolute Gasteiger partial charge is 0.455 e. The van der Waals surface area contributed by atoms with Crippen LogP contribution in [0.25, 0.3) is 33.4 Å². The highest BCUT2D eigenvalue weighted by molar-refractivity contribution is 7.92. The predicted octanol–water partition coefficient (Wildman–Crippen LogP) is 4.98. The molecule has 0 radical (unpaired) electrons. The number of nitrogens with one attached hydrogen (secondary N) is 2. The highest BCUT2D eigenvalue weighted by Crippen LogP contribution is 2.42. The van der Waals surface area contributed by atoms with E-state index in [2.05, 4.69) is 10.0 Å². The number of rotatable bonds is 6. The van der Waals surface area contributed by atoms with Crippen LogP contribution in [0.2, 0.25) is 0 Å². The van der Waals surface area contributed by atoms with Crippen molar-refractivity contribution in [2.24, 2.45) is 0 Å². The van der Waals surface area contributed by atoms with Crippen molar-refractivity contribution in [3.05, 3.63) is 77.4 Å². The first-order valence-electron chi connectivity index (χ1n) is 10.4. The van der Waals surface area contributed by atoms with Crippen molar-refractivity contribution in [1.29, 1.82) is 0 Å². The summed E-state index contributed by atoms with van der Waals surface area (Å²) in [6, 6.07) is 12.4. The van der Waals surface area contributed by atoms with Crippen LogP contribution in [0.3, 0.4) is 0 Å². The fourth-order valence-corrected chi connectivity index (χ4v) is 4.38. The molecule has 1 aromatic heterocycles. The highest BCUT2D eigenvalue weighted by atomic mass is 32.2. The van der Waals surface area contributed by atoms with E-state index in [1.165, 1.54) is 56.4 Å². The third kappa shape index (κ3) is 4.65. The highest BCUT2D eigenvalue weighted by Gasteiger charge is 2.28. The molecule has 10 heteroatoms. The fraction of sp³-hybridized carbons (Fsp3) is 0.120. The maximum atomic E-state index is 16.3. The van der Waals surface area contributed by atoms with Gasteiger partial charge >= 0.3 is 0 Å². The molecule has 0 saturated carbocycles. The van der Waals surface area contributed by atoms with Crippen LogP contribution in [0.15, 0.2) is 59.0 Å². The minimum Gasteiger partial charge on any atom is -0.455 e. The summed E-state index contributed by atoms with van der Waals surface area (Å²) in [7, 11) is -2.48. The molecular weight excluding hydrogens is 478 g/mol. The van der Waals surface area contributed by atoms with Crippen molar-refractivity contribution in [2.75, 3.05) is 18.0 Å². The van der Waals surface area contributed by atoms with Gasteiger partial charge in [0.2, 0.25) is 10.0 Å². The van der Waals surface area contributed by atoms with Gasteiger partial charge in [-0.3, -0.25) is 14.3 Å². The Morgan fingerprint density at radius 1 is 0.971 bits per heavy atom. The summed E-state index contributed by atoms with van der Waals surface area (Å²) in [5.41, 5.74) is 0.287. The van der Waals surface area contributed by atoms with Crippen molar-refractivity contribution in [3.63, 3.8) is 0 Å². The Morgan fingerprint density at radius 2 is 1.66 bits per heavy atom. The number of amides is 1. The van der Waals surface area contributed by atoms with Gasteiger partial charge in [0, 0.05) is 29.8 Å². The van der Waals surface area contributed by atoms with Crippen LogP contribution < -0.4 is 10.0 Å². The molecule has 0 atom stereocenters. The Balaban J connectivity index is 2.12. The Kier molecular flexibility index (Phi) is 6.16. The van der Waals surface area contributed by atoms with Gasteiger partial charge in [0.15, 0.2) is 5.78 Å². The molecular formula is C25H20F2N2O5S. The number of furan rings is 1. The summed E-state index contributed by atoms with van der Waals surface area (Å²) in [4.78, 5) is 24.7. The molecule has 2 N–H and O–H groups in total. The molecule has 180 valence electrons. The van der Waals surface area contributed by atoms with Crippen LogP contribution in [0.1, 0.15) is 27.6 Å². The fourth-order valence-electron chi connectivity index (χ4n) is 3.82. The zero-order valence-electron chi connectivity index (χ0n) is 18.9. The summed E-state index contributed by atoms with van der Waals surface area (Å²) in [6.45, 7) is 1.35. The summed E-state index contributed by atoms with van der Waals surface area (Å²) in [5.74, 6) is -2.37. The Bertz CT molecular complexity index is 1590. The standard InChI is InChI=1S/C25H20F2N2O5S/c1-13(30)15-5-4-6-16(11-15)20-18(29-35(3,32)33)12-19-21(23(20)27)22(25(31)28-2)24(34-19)14-7-9-17(26)10-8-14/h4-12,29H,1-3H3,(H,28,31). The first-order chi connectivity index (χ1) is 16.5. The van der Waals surface area contributed by atoms with Crippen molar-refractivity contribution in [3.8, 4) is 22.5 Å². The SMILES string of the molecule is CNC(=O)c1c(-c2ccc(F)cc2)oc2cc(NS(C)(=O)=O)c(-c3cccc(C(C)=O)c3)c(F)c12. The van der Waals surface area contributed by atoms with E-state index in [1.807, 2.05) is 0 Å². The molecule has 3 aromatic carbocycles. The maximum Gasteiger partial charge on any atom is 0.255 e. The molecule has 0 aliphatic rings. The average molecular weight is 499 g/mol. The second-order valence-corrected chi connectivity index (χ2v) is 9.64. The van der Waals surface area contributed by atoms with Gasteiger partial charge in [-0.2, -0.15) is 0 Å². The lowest BCUT2D eigenvalue weighted by Crippen LogP contribution is -2.18. The smallest absolute Gasteiger partial charge is 0.255 e. The van der Waals surface area contributed by atoms with Gasteiger partial charge in [0.05, 0.1) is 22.9 Å². The Labute approximate surface area is 199 Å². The van der Waals surface area contributed by atoms with Crippen LogP contribution in [0, 0.1) is 11.6 Å². The first kappa shape index (κ1) is 24.1. The second-order valence-electron chi connectivity index (χ2n) is 7.89. The van der Waals surface area contributed by atoms with E-state index in [1.54, 1.807) is 12.1 Å². The van der Waals surface area contributed by atoms with Gasteiger partial charge < -0.3 is 9.73 Å². The predicted molar refractivity (Wildman–Crippen MR) is 129 cm³/mol. The van der Waals surface area contributed by atoms with E-state index in [0.717, 1.165) is 6.26 Å². The summed E-state index contributed by atoms with van der Waals surface area (Å²) < 4.78 is 62.0. The molecule has 1 heterocycles. The van der Waals surface area contributed by atoms with E-state index < -0.39 is 27.6 Å². The molecule has 4 rings (SSSR count). The molecule has 35 heavy (non-hydrogen) atoms. The van der Waals surface area contributed by atoms with Crippen LogP contribution in [0.4, 0.5) is 14.5 Å². The maximum absolute atomic E-state index is 16.3. The van der Waals surface area contributed by atoms with Crippen LogP contribution >= 0.6 is 0 Å². The molecule has 0 saturated heterocycles. The quantitative estimate of drug-likeness (QED) is 0.365. The number of hydrogen-bond donors (Lipinski definition) is 2. The molecule has 0 spiro atoms. The first-order valence-corrected chi connectivity index (χ1v) is 12.3. The van der Waals surface area contributed by atoms with Crippen LogP contribution in [0.5, 0.6) is 0 Å². The van der Waals surface area contributed by atoms with Crippen molar-refractivity contribution >= 4 is 38.4 Å². The number of carbonyl (C=O) groups excluding carboxylic acids is 2. The van der Waals surface area contributed by atoms with E-state index in [9.17, 15) is 22.4 Å². The number of Topliss-reactive ketones (excluding diaryl/α,β-unsaturated/α-hetero) is 1. The third-order valence-corrected chi connectivity index (χ3v) is 5.92. The number of halogens is 2. The monoisotopic (exact) mass is 498 g/mol. The van der Waals surface area contributed by atoms with E-state index in [4.69, 9.17) is 4.42 Å². The molecule has 7 nitrogen and oxygen atoms in total. The molecule has 4 aromatic rings. The lowest BCUT2D eigenvalue weighted by molar-refractivity contribution is 0.0963. The average Bonchev–Trinajstić information content (AvgIpc) is 3.18. The zero-order valence-corrected chi connectivity index (χ0v) is 19.7. The Hall–Kier alpha value is -4.05. The summed E-state index contributed by atoms with van der Waals surface area (Å²) in [5, 5.41) is 2.26. The van der Waals surface area contributed by atoms with Crippen LogP contribution in [-0.2, 0) is 10.0 Å². The number of fused-ring (bicyclic) bond motifs is 1. The van der Waals surface area contributed by atoms with Crippen molar-refractivity contribution < 1.29 is 31.2 Å². The van der Waals surface area contributed by atoms with Gasteiger partial charge in [-0.25, -0.2) is 17.2 Å². The molecule has 0 unspecified atom stereocenters. The van der Waals surface area contributed by atoms with E-state index >= 15 is 4.39 Å². The van der Waals surface area contributed by atoms with Gasteiger partial charge in [0.25, 0.3) is 5.91 Å². The van der Waals surface area contributed by atoms with Crippen molar-refractivity contribution in [1.82, 2.24) is 5.32 Å². The normalized spacial score (nSPS) is 11.5. The Morgan fingerprint density at radius 3 is 2.26 bits per heavy atom.